The summed E-state index contributed by atoms with van der Waals surface area (Å²) in [6.45, 7) is 3.63. The summed E-state index contributed by atoms with van der Waals surface area (Å²) in [6.07, 6.45) is 2.64. The number of pyridine rings is 1. The molecular weight excluding hydrogens is 306 g/mol. The number of aliphatic hydroxyl groups excluding tert-OH is 1. The lowest BCUT2D eigenvalue weighted by Crippen LogP contribution is -1.98. The van der Waals surface area contributed by atoms with E-state index in [4.69, 9.17) is 11.6 Å². The fraction of sp³-hybridized carbons (Fsp3) is 0.150. The van der Waals surface area contributed by atoms with E-state index in [0.29, 0.717) is 5.02 Å². The van der Waals surface area contributed by atoms with Crippen molar-refractivity contribution < 1.29 is 5.11 Å². The number of rotatable bonds is 5. The number of halogens is 1. The van der Waals surface area contributed by atoms with E-state index in [1.807, 2.05) is 36.4 Å². The summed E-state index contributed by atoms with van der Waals surface area (Å²) in [5.74, 6) is 0. The van der Waals surface area contributed by atoms with Crippen molar-refractivity contribution in [3.63, 3.8) is 0 Å². The lowest BCUT2D eigenvalue weighted by Gasteiger charge is -2.08. The van der Waals surface area contributed by atoms with Crippen molar-refractivity contribution in [2.75, 3.05) is 0 Å². The largest absolute Gasteiger partial charge is 0.384 e. The van der Waals surface area contributed by atoms with E-state index in [1.54, 1.807) is 0 Å². The van der Waals surface area contributed by atoms with Crippen molar-refractivity contribution in [2.45, 2.75) is 18.9 Å². The molecule has 3 heteroatoms. The van der Waals surface area contributed by atoms with Crippen LogP contribution in [0.5, 0.6) is 0 Å². The predicted octanol–water partition coefficient (Wildman–Crippen LogP) is 4.89. The second-order valence-corrected chi connectivity index (χ2v) is 6.00. The van der Waals surface area contributed by atoms with Gasteiger partial charge in [-0.1, -0.05) is 54.1 Å². The molecule has 1 unspecified atom stereocenters. The molecule has 1 aromatic heterocycles. The molecular formula is C20H18ClNO. The van der Waals surface area contributed by atoms with E-state index in [2.05, 4.69) is 29.8 Å². The number of aryl methyl sites for hydroxylation is 2. The summed E-state index contributed by atoms with van der Waals surface area (Å²) in [4.78, 5) is 4.67. The Balaban J connectivity index is 1.76. The van der Waals surface area contributed by atoms with E-state index in [0.717, 1.165) is 35.0 Å². The molecule has 0 aliphatic rings. The minimum Gasteiger partial charge on any atom is -0.384 e. The maximum atomic E-state index is 9.84. The Morgan fingerprint density at radius 1 is 1.09 bits per heavy atom. The zero-order valence-electron chi connectivity index (χ0n) is 12.7. The average molecular weight is 324 g/mol. The molecule has 116 valence electrons. The third kappa shape index (κ3) is 3.79. The SMILES string of the molecule is C=CC(O)c1cccc(CCc2ccc3ccc(Cl)cc3n2)c1. The highest BCUT2D eigenvalue weighted by Gasteiger charge is 2.05. The number of aliphatic hydroxyl groups is 1. The molecule has 1 N–H and O–H groups in total. The second-order valence-electron chi connectivity index (χ2n) is 5.57. The maximum Gasteiger partial charge on any atom is 0.0969 e. The van der Waals surface area contributed by atoms with Gasteiger partial charge in [0, 0.05) is 16.1 Å². The molecule has 0 aliphatic heterocycles. The summed E-state index contributed by atoms with van der Waals surface area (Å²) in [6, 6.07) is 17.8. The van der Waals surface area contributed by atoms with Crippen LogP contribution in [0.1, 0.15) is 22.9 Å². The van der Waals surface area contributed by atoms with Crippen molar-refractivity contribution >= 4 is 22.5 Å². The molecule has 0 saturated carbocycles. The van der Waals surface area contributed by atoms with Gasteiger partial charge in [-0.05, 0) is 42.2 Å². The van der Waals surface area contributed by atoms with E-state index >= 15 is 0 Å². The first-order valence-electron chi connectivity index (χ1n) is 7.60. The van der Waals surface area contributed by atoms with Crippen LogP contribution < -0.4 is 0 Å². The zero-order valence-corrected chi connectivity index (χ0v) is 13.5. The number of benzene rings is 2. The van der Waals surface area contributed by atoms with Gasteiger partial charge in [0.2, 0.25) is 0 Å². The molecule has 0 spiro atoms. The number of hydrogen-bond donors (Lipinski definition) is 1. The molecule has 0 amide bonds. The van der Waals surface area contributed by atoms with Crippen molar-refractivity contribution in [3.05, 3.63) is 89.1 Å². The van der Waals surface area contributed by atoms with Crippen LogP contribution in [0.2, 0.25) is 5.02 Å². The highest BCUT2D eigenvalue weighted by atomic mass is 35.5. The van der Waals surface area contributed by atoms with Gasteiger partial charge in [0.05, 0.1) is 11.6 Å². The van der Waals surface area contributed by atoms with Crippen LogP contribution in [0.25, 0.3) is 10.9 Å². The van der Waals surface area contributed by atoms with Crippen LogP contribution in [0, 0.1) is 0 Å². The molecule has 3 rings (SSSR count). The zero-order chi connectivity index (χ0) is 16.2. The molecule has 1 heterocycles. The minimum absolute atomic E-state index is 0.615. The van der Waals surface area contributed by atoms with Gasteiger partial charge in [0.25, 0.3) is 0 Å². The summed E-state index contributed by atoms with van der Waals surface area (Å²) in [5.41, 5.74) is 4.01. The molecule has 0 radical (unpaired) electrons. The summed E-state index contributed by atoms with van der Waals surface area (Å²) in [7, 11) is 0. The minimum atomic E-state index is -0.615. The predicted molar refractivity (Wildman–Crippen MR) is 95.8 cm³/mol. The Labute approximate surface area is 141 Å². The fourth-order valence-corrected chi connectivity index (χ4v) is 2.78. The van der Waals surface area contributed by atoms with Gasteiger partial charge in [-0.15, -0.1) is 6.58 Å². The van der Waals surface area contributed by atoms with Crippen LogP contribution >= 0.6 is 11.6 Å². The molecule has 1 atom stereocenters. The van der Waals surface area contributed by atoms with Gasteiger partial charge in [-0.3, -0.25) is 4.98 Å². The number of nitrogens with zero attached hydrogens (tertiary/aromatic N) is 1. The van der Waals surface area contributed by atoms with Gasteiger partial charge in [-0.2, -0.15) is 0 Å². The Hall–Kier alpha value is -2.16. The highest BCUT2D eigenvalue weighted by molar-refractivity contribution is 6.31. The van der Waals surface area contributed by atoms with Crippen LogP contribution in [-0.4, -0.2) is 10.1 Å². The number of fused-ring (bicyclic) bond motifs is 1. The third-order valence-electron chi connectivity index (χ3n) is 3.90. The third-order valence-corrected chi connectivity index (χ3v) is 4.13. The lowest BCUT2D eigenvalue weighted by molar-refractivity contribution is 0.229. The summed E-state index contributed by atoms with van der Waals surface area (Å²) >= 11 is 6.03. The van der Waals surface area contributed by atoms with Crippen molar-refractivity contribution in [3.8, 4) is 0 Å². The van der Waals surface area contributed by atoms with E-state index < -0.39 is 6.10 Å². The molecule has 0 bridgehead atoms. The Bertz CT molecular complexity index is 844. The highest BCUT2D eigenvalue weighted by Crippen LogP contribution is 2.19. The Morgan fingerprint density at radius 2 is 1.91 bits per heavy atom. The second kappa shape index (κ2) is 6.95. The first kappa shape index (κ1) is 15.7. The molecule has 2 nitrogen and oxygen atoms in total. The van der Waals surface area contributed by atoms with E-state index in [9.17, 15) is 5.11 Å². The van der Waals surface area contributed by atoms with Gasteiger partial charge >= 0.3 is 0 Å². The number of aromatic nitrogens is 1. The normalized spacial score (nSPS) is 12.3. The van der Waals surface area contributed by atoms with Gasteiger partial charge in [-0.25, -0.2) is 0 Å². The maximum absolute atomic E-state index is 9.84. The first-order valence-corrected chi connectivity index (χ1v) is 7.98. The lowest BCUT2D eigenvalue weighted by atomic mass is 10.0. The smallest absolute Gasteiger partial charge is 0.0969 e. The molecule has 2 aromatic carbocycles. The number of hydrogen-bond acceptors (Lipinski definition) is 2. The van der Waals surface area contributed by atoms with E-state index in [1.165, 1.54) is 11.6 Å². The Kier molecular flexibility index (Phi) is 4.75. The monoisotopic (exact) mass is 323 g/mol. The average Bonchev–Trinajstić information content (AvgIpc) is 2.59. The quantitative estimate of drug-likeness (QED) is 0.678. The van der Waals surface area contributed by atoms with Crippen molar-refractivity contribution in [1.29, 1.82) is 0 Å². The van der Waals surface area contributed by atoms with Gasteiger partial charge in [0.1, 0.15) is 0 Å². The van der Waals surface area contributed by atoms with Crippen LogP contribution in [0.4, 0.5) is 0 Å². The van der Waals surface area contributed by atoms with Crippen LogP contribution in [-0.2, 0) is 12.8 Å². The fourth-order valence-electron chi connectivity index (χ4n) is 2.61. The molecule has 0 fully saturated rings. The molecule has 3 aromatic rings. The molecule has 0 aliphatic carbocycles. The Morgan fingerprint density at radius 3 is 2.74 bits per heavy atom. The molecule has 0 saturated heterocycles. The summed E-state index contributed by atoms with van der Waals surface area (Å²) < 4.78 is 0. The van der Waals surface area contributed by atoms with Crippen LogP contribution in [0.15, 0.2) is 67.3 Å². The topological polar surface area (TPSA) is 33.1 Å². The first-order chi connectivity index (χ1) is 11.2. The van der Waals surface area contributed by atoms with E-state index in [-0.39, 0.29) is 0 Å². The van der Waals surface area contributed by atoms with Gasteiger partial charge < -0.3 is 5.11 Å². The van der Waals surface area contributed by atoms with Crippen molar-refractivity contribution in [2.24, 2.45) is 0 Å². The van der Waals surface area contributed by atoms with Crippen molar-refractivity contribution in [1.82, 2.24) is 4.98 Å². The molecule has 23 heavy (non-hydrogen) atoms. The van der Waals surface area contributed by atoms with Gasteiger partial charge in [0.15, 0.2) is 0 Å². The standard InChI is InChI=1S/C20H18ClNO/c1-2-20(23)16-5-3-4-14(12-16)6-10-18-11-8-15-7-9-17(21)13-19(15)22-18/h2-5,7-9,11-13,20,23H,1,6,10H2. The van der Waals surface area contributed by atoms with Crippen LogP contribution in [0.3, 0.4) is 0 Å². The summed E-state index contributed by atoms with van der Waals surface area (Å²) in [5, 5.41) is 11.6.